The molecule has 0 spiro atoms. The third kappa shape index (κ3) is 4.35. The van der Waals surface area contributed by atoms with E-state index < -0.39 is 5.97 Å². The van der Waals surface area contributed by atoms with Gasteiger partial charge in [0, 0.05) is 29.3 Å². The zero-order chi connectivity index (χ0) is 27.0. The lowest BCUT2D eigenvalue weighted by Crippen LogP contribution is -2.30. The van der Waals surface area contributed by atoms with Crippen molar-refractivity contribution in [3.8, 4) is 17.2 Å². The van der Waals surface area contributed by atoms with Crippen LogP contribution in [0.4, 0.5) is 5.69 Å². The van der Waals surface area contributed by atoms with Crippen LogP contribution in [0, 0.1) is 13.8 Å². The van der Waals surface area contributed by atoms with Crippen LogP contribution >= 0.6 is 12.2 Å². The summed E-state index contributed by atoms with van der Waals surface area (Å²) in [6.45, 7) is 4.05. The quantitative estimate of drug-likeness (QED) is 0.309. The average molecular weight is 529 g/mol. The lowest BCUT2D eigenvalue weighted by atomic mass is 9.96. The van der Waals surface area contributed by atoms with Gasteiger partial charge >= 0.3 is 5.97 Å². The number of carboxylic acids is 1. The fraction of sp³-hybridized carbons (Fsp3) is 0.207. The number of anilines is 1. The maximum Gasteiger partial charge on any atom is 0.335 e. The lowest BCUT2D eigenvalue weighted by Gasteiger charge is -2.29. The molecular weight excluding hydrogens is 500 g/mol. The van der Waals surface area contributed by atoms with Crippen molar-refractivity contribution in [3.05, 3.63) is 101 Å². The number of ether oxygens (including phenoxy) is 2. The van der Waals surface area contributed by atoms with Gasteiger partial charge in [0.2, 0.25) is 0 Å². The predicted octanol–water partition coefficient (Wildman–Crippen LogP) is 5.38. The van der Waals surface area contributed by atoms with E-state index in [-0.39, 0.29) is 17.6 Å². The number of hydrogen-bond acceptors (Lipinski definition) is 5. The van der Waals surface area contributed by atoms with E-state index in [0.717, 1.165) is 34.0 Å². The maximum absolute atomic E-state index is 11.6. The second-order valence-corrected chi connectivity index (χ2v) is 9.44. The van der Waals surface area contributed by atoms with E-state index in [1.165, 1.54) is 0 Å². The standard InChI is InChI=1S/C29H28N4O4S/c1-17-14-22(18(2)32(17)20-9-7-8-19(15-20)28(34)35)27-26(23-10-5-6-13-30-23)31-29(38)33(27)24-12-11-21(36-3)16-25(24)37-4/h5-16,26-27H,1-4H3,(H,31,38)(H,34,35)/t26-,27-/m0/s1. The molecule has 4 aromatic rings. The fourth-order valence-electron chi connectivity index (χ4n) is 5.18. The topological polar surface area (TPSA) is 88.9 Å². The zero-order valence-corrected chi connectivity index (χ0v) is 22.3. The summed E-state index contributed by atoms with van der Waals surface area (Å²) in [5.41, 5.74) is 5.64. The molecule has 0 radical (unpaired) electrons. The molecule has 38 heavy (non-hydrogen) atoms. The Kier molecular flexibility index (Phi) is 6.77. The van der Waals surface area contributed by atoms with E-state index in [4.69, 9.17) is 21.7 Å². The molecule has 5 rings (SSSR count). The highest BCUT2D eigenvalue weighted by molar-refractivity contribution is 7.80. The van der Waals surface area contributed by atoms with E-state index in [1.807, 2.05) is 56.3 Å². The van der Waals surface area contributed by atoms with Gasteiger partial charge in [-0.05, 0) is 80.2 Å². The van der Waals surface area contributed by atoms with Crippen LogP contribution in [0.5, 0.6) is 11.5 Å². The first kappa shape index (κ1) is 25.3. The van der Waals surface area contributed by atoms with Gasteiger partial charge in [-0.25, -0.2) is 4.79 Å². The van der Waals surface area contributed by atoms with Gasteiger partial charge in [-0.1, -0.05) is 12.1 Å². The molecule has 9 heteroatoms. The van der Waals surface area contributed by atoms with Crippen molar-refractivity contribution in [3.63, 3.8) is 0 Å². The second-order valence-electron chi connectivity index (χ2n) is 9.05. The number of pyridine rings is 1. The number of methoxy groups -OCH3 is 2. The van der Waals surface area contributed by atoms with Crippen LogP contribution < -0.4 is 19.7 Å². The molecule has 2 N–H and O–H groups in total. The number of carboxylic acid groups (broad SMARTS) is 1. The number of thiocarbonyl (C=S) groups is 1. The highest BCUT2D eigenvalue weighted by Crippen LogP contribution is 2.46. The third-order valence-corrected chi connectivity index (χ3v) is 7.20. The van der Waals surface area contributed by atoms with Crippen LogP contribution in [0.1, 0.15) is 45.1 Å². The largest absolute Gasteiger partial charge is 0.497 e. The smallest absolute Gasteiger partial charge is 0.335 e. The van der Waals surface area contributed by atoms with Gasteiger partial charge in [-0.3, -0.25) is 4.98 Å². The summed E-state index contributed by atoms with van der Waals surface area (Å²) < 4.78 is 13.2. The summed E-state index contributed by atoms with van der Waals surface area (Å²) in [5.74, 6) is 0.342. The molecule has 0 unspecified atom stereocenters. The fourth-order valence-corrected chi connectivity index (χ4v) is 5.52. The van der Waals surface area contributed by atoms with Crippen molar-refractivity contribution >= 4 is 29.0 Å². The molecule has 8 nitrogen and oxygen atoms in total. The molecule has 1 aliphatic rings. The molecule has 2 aromatic heterocycles. The van der Waals surface area contributed by atoms with Gasteiger partial charge in [-0.15, -0.1) is 0 Å². The minimum absolute atomic E-state index is 0.233. The number of aromatic carboxylic acids is 1. The first-order chi connectivity index (χ1) is 18.3. The lowest BCUT2D eigenvalue weighted by molar-refractivity contribution is 0.0697. The van der Waals surface area contributed by atoms with E-state index in [9.17, 15) is 9.90 Å². The van der Waals surface area contributed by atoms with Crippen LogP contribution in [0.15, 0.2) is 72.9 Å². The first-order valence-electron chi connectivity index (χ1n) is 12.1. The minimum Gasteiger partial charge on any atom is -0.497 e. The third-order valence-electron chi connectivity index (χ3n) is 6.88. The van der Waals surface area contributed by atoms with Gasteiger partial charge in [0.05, 0.1) is 43.2 Å². The van der Waals surface area contributed by atoms with E-state index >= 15 is 0 Å². The van der Waals surface area contributed by atoms with Crippen LogP contribution in [0.2, 0.25) is 0 Å². The van der Waals surface area contributed by atoms with E-state index in [0.29, 0.717) is 16.6 Å². The SMILES string of the molecule is COc1ccc(N2C(=S)N[C@@H](c3ccccn3)[C@@H]2c2cc(C)n(-c3cccc(C(=O)O)c3)c2C)c(OC)c1. The Hall–Kier alpha value is -4.37. The predicted molar refractivity (Wildman–Crippen MR) is 150 cm³/mol. The summed E-state index contributed by atoms with van der Waals surface area (Å²) in [4.78, 5) is 18.4. The number of nitrogens with zero attached hydrogens (tertiary/aromatic N) is 3. The molecule has 1 aliphatic heterocycles. The number of aryl methyl sites for hydroxylation is 1. The van der Waals surface area contributed by atoms with Crippen molar-refractivity contribution in [2.45, 2.75) is 25.9 Å². The number of hydrogen-bond donors (Lipinski definition) is 2. The van der Waals surface area contributed by atoms with Crippen molar-refractivity contribution < 1.29 is 19.4 Å². The Morgan fingerprint density at radius 1 is 1.03 bits per heavy atom. The monoisotopic (exact) mass is 528 g/mol. The van der Waals surface area contributed by atoms with Crippen molar-refractivity contribution in [1.82, 2.24) is 14.9 Å². The Morgan fingerprint density at radius 3 is 2.53 bits per heavy atom. The summed E-state index contributed by atoms with van der Waals surface area (Å²) in [6, 6.07) is 20.1. The van der Waals surface area contributed by atoms with Crippen molar-refractivity contribution in [2.24, 2.45) is 0 Å². The highest BCUT2D eigenvalue weighted by Gasteiger charge is 2.43. The number of benzene rings is 2. The molecule has 2 aromatic carbocycles. The van der Waals surface area contributed by atoms with Gasteiger partial charge < -0.3 is 29.4 Å². The number of nitrogens with one attached hydrogen (secondary N) is 1. The second kappa shape index (κ2) is 10.2. The van der Waals surface area contributed by atoms with Crippen LogP contribution in [0.3, 0.4) is 0 Å². The molecular formula is C29H28N4O4S. The first-order valence-corrected chi connectivity index (χ1v) is 12.5. The molecule has 1 saturated heterocycles. The molecule has 194 valence electrons. The number of aromatic nitrogens is 2. The molecule has 0 aliphatic carbocycles. The molecule has 1 fully saturated rings. The Labute approximate surface area is 226 Å². The normalized spacial score (nSPS) is 16.8. The zero-order valence-electron chi connectivity index (χ0n) is 21.5. The molecule has 3 heterocycles. The van der Waals surface area contributed by atoms with E-state index in [1.54, 1.807) is 38.6 Å². The maximum atomic E-state index is 11.6. The molecule has 0 amide bonds. The molecule has 0 saturated carbocycles. The summed E-state index contributed by atoms with van der Waals surface area (Å²) in [6.07, 6.45) is 1.77. The van der Waals surface area contributed by atoms with Crippen LogP contribution in [-0.4, -0.2) is 40.0 Å². The van der Waals surface area contributed by atoms with Crippen LogP contribution in [-0.2, 0) is 0 Å². The van der Waals surface area contributed by atoms with Gasteiger partial charge in [0.15, 0.2) is 5.11 Å². The Balaban J connectivity index is 1.70. The summed E-state index contributed by atoms with van der Waals surface area (Å²) in [7, 11) is 3.24. The Morgan fingerprint density at radius 2 is 1.84 bits per heavy atom. The summed E-state index contributed by atoms with van der Waals surface area (Å²) in [5, 5.41) is 13.6. The van der Waals surface area contributed by atoms with Gasteiger partial charge in [-0.2, -0.15) is 0 Å². The summed E-state index contributed by atoms with van der Waals surface area (Å²) >= 11 is 5.90. The van der Waals surface area contributed by atoms with Crippen molar-refractivity contribution in [1.29, 1.82) is 0 Å². The van der Waals surface area contributed by atoms with Crippen LogP contribution in [0.25, 0.3) is 5.69 Å². The van der Waals surface area contributed by atoms with Crippen molar-refractivity contribution in [2.75, 3.05) is 19.1 Å². The van der Waals surface area contributed by atoms with Gasteiger partial charge in [0.1, 0.15) is 11.5 Å². The minimum atomic E-state index is -0.965. The number of rotatable bonds is 7. The van der Waals surface area contributed by atoms with E-state index in [2.05, 4.69) is 25.8 Å². The molecule has 2 atom stereocenters. The molecule has 0 bridgehead atoms. The Bertz CT molecular complexity index is 1520. The average Bonchev–Trinajstić information content (AvgIpc) is 3.43. The number of carbonyl (C=O) groups is 1. The highest BCUT2D eigenvalue weighted by atomic mass is 32.1. The van der Waals surface area contributed by atoms with Gasteiger partial charge in [0.25, 0.3) is 0 Å².